The van der Waals surface area contributed by atoms with Crippen LogP contribution in [0.1, 0.15) is 239 Å². The van der Waals surface area contributed by atoms with E-state index in [4.69, 9.17) is 14.9 Å². The molecule has 0 saturated carbocycles. The first kappa shape index (κ1) is 60.5. The van der Waals surface area contributed by atoms with Gasteiger partial charge in [0, 0.05) is 12.8 Å². The molecule has 0 fully saturated rings. The summed E-state index contributed by atoms with van der Waals surface area (Å²) in [6, 6.07) is -1.39. The summed E-state index contributed by atoms with van der Waals surface area (Å²) in [5.74, 6) is -2.32. The Morgan fingerprint density at radius 1 is 0.469 bits per heavy atom. The van der Waals surface area contributed by atoms with Crippen molar-refractivity contribution < 1.29 is 34.1 Å². The van der Waals surface area contributed by atoms with Crippen molar-refractivity contribution in [1.29, 1.82) is 0 Å². The highest BCUT2D eigenvalue weighted by atomic mass is 16.5. The molecule has 0 aromatic carbocycles. The molecular formula is C55H96N2O7. The summed E-state index contributed by atoms with van der Waals surface area (Å²) in [5.41, 5.74) is 0. The van der Waals surface area contributed by atoms with Gasteiger partial charge in [-0.25, -0.2) is 4.79 Å². The largest absolute Gasteiger partial charge is 0.480 e. The van der Waals surface area contributed by atoms with Crippen LogP contribution in [0.3, 0.4) is 0 Å². The first-order chi connectivity index (χ1) is 31.3. The van der Waals surface area contributed by atoms with Crippen LogP contribution in [0.5, 0.6) is 0 Å². The molecule has 0 bridgehead atoms. The number of carboxylic acid groups (broad SMARTS) is 1. The van der Waals surface area contributed by atoms with Crippen molar-refractivity contribution in [3.8, 4) is 0 Å². The van der Waals surface area contributed by atoms with Gasteiger partial charge in [0.25, 0.3) is 0 Å². The molecule has 9 nitrogen and oxygen atoms in total. The number of carboxylic acids is 1. The van der Waals surface area contributed by atoms with E-state index >= 15 is 0 Å². The first-order valence-corrected chi connectivity index (χ1v) is 26.2. The summed E-state index contributed by atoms with van der Waals surface area (Å²) in [4.78, 5) is 47.8. The summed E-state index contributed by atoms with van der Waals surface area (Å²) in [6.07, 6.45) is 61.1. The molecule has 0 rings (SSSR count). The van der Waals surface area contributed by atoms with Gasteiger partial charge in [0.2, 0.25) is 11.8 Å². The van der Waals surface area contributed by atoms with Crippen LogP contribution >= 0.6 is 0 Å². The molecule has 0 aliphatic carbocycles. The van der Waals surface area contributed by atoms with Crippen LogP contribution in [0.15, 0.2) is 60.8 Å². The van der Waals surface area contributed by atoms with Crippen molar-refractivity contribution in [2.24, 2.45) is 0 Å². The van der Waals surface area contributed by atoms with E-state index in [1.165, 1.54) is 96.3 Å². The summed E-state index contributed by atoms with van der Waals surface area (Å²) in [5, 5.41) is 22.6. The fourth-order valence-electron chi connectivity index (χ4n) is 7.46. The Labute approximate surface area is 391 Å². The van der Waals surface area contributed by atoms with Crippen LogP contribution in [0.4, 0.5) is 0 Å². The molecule has 9 heteroatoms. The zero-order chi connectivity index (χ0) is 46.8. The van der Waals surface area contributed by atoms with Gasteiger partial charge in [-0.3, -0.25) is 14.4 Å². The lowest BCUT2D eigenvalue weighted by Gasteiger charge is -2.18. The van der Waals surface area contributed by atoms with E-state index in [0.717, 1.165) is 109 Å². The van der Waals surface area contributed by atoms with Gasteiger partial charge in [-0.2, -0.15) is 0 Å². The molecule has 2 unspecified atom stereocenters. The van der Waals surface area contributed by atoms with Gasteiger partial charge in [0.05, 0.1) is 13.2 Å². The predicted octanol–water partition coefficient (Wildman–Crippen LogP) is 14.1. The fourth-order valence-corrected chi connectivity index (χ4v) is 7.46. The standard InChI is InChI=1S/C55H96N2O7/c1-3-5-7-9-11-13-15-17-19-20-21-22-23-24-26-28-30-32-34-39-43-47-54(61)64-50(44-40-36-33-31-29-27-25-18-16-14-12-10-8-6-4-2)45-41-37-35-38-42-46-52(59)56-48-53(60)57-51(49-58)55(62)63/h15-18,20-21,23-24,27,29,50-51,58H,3-14,19,22,25-26,28,30-49H2,1-2H3,(H,56,59)(H,57,60)(H,62,63)/b17-15-,18-16-,21-20-,24-23-,29-27-. The molecule has 0 aromatic rings. The van der Waals surface area contributed by atoms with E-state index in [0.29, 0.717) is 12.8 Å². The third-order valence-corrected chi connectivity index (χ3v) is 11.5. The lowest BCUT2D eigenvalue weighted by Crippen LogP contribution is -2.47. The smallest absolute Gasteiger partial charge is 0.328 e. The maximum atomic E-state index is 12.9. The molecule has 368 valence electrons. The number of aliphatic hydroxyl groups excluding tert-OH is 1. The molecule has 64 heavy (non-hydrogen) atoms. The normalized spacial score (nSPS) is 12.9. The lowest BCUT2D eigenvalue weighted by molar-refractivity contribution is -0.150. The average Bonchev–Trinajstić information content (AvgIpc) is 3.28. The number of aliphatic hydroxyl groups is 1. The van der Waals surface area contributed by atoms with E-state index in [-0.39, 0.29) is 30.9 Å². The number of nitrogens with one attached hydrogen (secondary N) is 2. The van der Waals surface area contributed by atoms with E-state index in [1.54, 1.807) is 0 Å². The SMILES string of the molecule is CCCCCCC/C=C\C/C=C\C/C=C\CCCCCCCCC(=O)OC(CCCCC/C=C\C/C=C\CCCCCCC)CCCCCCCC(=O)NCC(=O)NC(CO)C(=O)O. The van der Waals surface area contributed by atoms with Crippen LogP contribution < -0.4 is 10.6 Å². The molecular weight excluding hydrogens is 801 g/mol. The molecule has 4 N–H and O–H groups in total. The second-order valence-corrected chi connectivity index (χ2v) is 17.6. The van der Waals surface area contributed by atoms with E-state index in [2.05, 4.69) is 85.2 Å². The highest BCUT2D eigenvalue weighted by Gasteiger charge is 2.19. The van der Waals surface area contributed by atoms with Gasteiger partial charge in [0.15, 0.2) is 0 Å². The molecule has 0 heterocycles. The van der Waals surface area contributed by atoms with Crippen LogP contribution in [-0.2, 0) is 23.9 Å². The maximum absolute atomic E-state index is 12.9. The Bertz CT molecular complexity index is 1260. The van der Waals surface area contributed by atoms with Crippen molar-refractivity contribution >= 4 is 23.8 Å². The molecule has 0 aliphatic rings. The van der Waals surface area contributed by atoms with Crippen LogP contribution in [-0.4, -0.2) is 59.3 Å². The number of aliphatic carboxylic acids is 1. The summed E-state index contributed by atoms with van der Waals surface area (Å²) < 4.78 is 6.05. The number of unbranched alkanes of at least 4 members (excludes halogenated alkanes) is 23. The van der Waals surface area contributed by atoms with Crippen LogP contribution in [0.25, 0.3) is 0 Å². The minimum atomic E-state index is -1.39. The number of ether oxygens (including phenoxy) is 1. The summed E-state index contributed by atoms with van der Waals surface area (Å²) in [6.45, 7) is 3.47. The molecule has 0 aliphatic heterocycles. The zero-order valence-electron chi connectivity index (χ0n) is 41.0. The zero-order valence-corrected chi connectivity index (χ0v) is 41.0. The van der Waals surface area contributed by atoms with Crippen molar-refractivity contribution in [1.82, 2.24) is 10.6 Å². The fraction of sp³-hybridized carbons (Fsp3) is 0.745. The van der Waals surface area contributed by atoms with Gasteiger partial charge in [0.1, 0.15) is 12.1 Å². The summed E-state index contributed by atoms with van der Waals surface area (Å²) >= 11 is 0. The van der Waals surface area contributed by atoms with Crippen molar-refractivity contribution in [2.75, 3.05) is 13.2 Å². The van der Waals surface area contributed by atoms with Gasteiger partial charge < -0.3 is 25.6 Å². The van der Waals surface area contributed by atoms with Gasteiger partial charge in [-0.1, -0.05) is 177 Å². The third-order valence-electron chi connectivity index (χ3n) is 11.5. The Morgan fingerprint density at radius 2 is 0.844 bits per heavy atom. The van der Waals surface area contributed by atoms with E-state index < -0.39 is 24.5 Å². The quantitative estimate of drug-likeness (QED) is 0.0271. The molecule has 0 radical (unpaired) electrons. The number of carbonyl (C=O) groups is 4. The van der Waals surface area contributed by atoms with Gasteiger partial charge in [-0.15, -0.1) is 0 Å². The highest BCUT2D eigenvalue weighted by Crippen LogP contribution is 2.18. The minimum Gasteiger partial charge on any atom is -0.480 e. The number of hydrogen-bond donors (Lipinski definition) is 4. The molecule has 2 amide bonds. The van der Waals surface area contributed by atoms with Crippen molar-refractivity contribution in [3.63, 3.8) is 0 Å². The Hall–Kier alpha value is -3.46. The highest BCUT2D eigenvalue weighted by molar-refractivity contribution is 5.87. The summed E-state index contributed by atoms with van der Waals surface area (Å²) in [7, 11) is 0. The maximum Gasteiger partial charge on any atom is 0.328 e. The number of amides is 2. The third kappa shape index (κ3) is 45.1. The topological polar surface area (TPSA) is 142 Å². The number of esters is 1. The number of carbonyl (C=O) groups excluding carboxylic acids is 3. The van der Waals surface area contributed by atoms with Crippen LogP contribution in [0.2, 0.25) is 0 Å². The number of hydrogen-bond acceptors (Lipinski definition) is 6. The van der Waals surface area contributed by atoms with E-state index in [1.807, 2.05) is 0 Å². The second kappa shape index (κ2) is 49.0. The Balaban J connectivity index is 4.37. The number of allylic oxidation sites excluding steroid dienone is 10. The van der Waals surface area contributed by atoms with Crippen LogP contribution in [0, 0.1) is 0 Å². The minimum absolute atomic E-state index is 0.0473. The number of rotatable bonds is 47. The lowest BCUT2D eigenvalue weighted by atomic mass is 10.0. The molecule has 2 atom stereocenters. The Morgan fingerprint density at radius 3 is 1.28 bits per heavy atom. The van der Waals surface area contributed by atoms with Crippen molar-refractivity contribution in [2.45, 2.75) is 251 Å². The second-order valence-electron chi connectivity index (χ2n) is 17.6. The molecule has 0 spiro atoms. The monoisotopic (exact) mass is 897 g/mol. The predicted molar refractivity (Wildman–Crippen MR) is 268 cm³/mol. The molecule has 0 aromatic heterocycles. The van der Waals surface area contributed by atoms with Gasteiger partial charge >= 0.3 is 11.9 Å². The Kier molecular flexibility index (Phi) is 46.3. The first-order valence-electron chi connectivity index (χ1n) is 26.2. The van der Waals surface area contributed by atoms with E-state index in [9.17, 15) is 19.2 Å². The molecule has 0 saturated heterocycles. The van der Waals surface area contributed by atoms with Gasteiger partial charge in [-0.05, 0) is 109 Å². The average molecular weight is 897 g/mol. The van der Waals surface area contributed by atoms with Crippen molar-refractivity contribution in [3.05, 3.63) is 60.8 Å².